The van der Waals surface area contributed by atoms with Gasteiger partial charge in [0.2, 0.25) is 0 Å². The van der Waals surface area contributed by atoms with Crippen molar-refractivity contribution in [2.45, 2.75) is 20.8 Å². The molecule has 2 heterocycles. The fourth-order valence-electron chi connectivity index (χ4n) is 1.54. The van der Waals surface area contributed by atoms with E-state index in [1.54, 1.807) is 4.68 Å². The second kappa shape index (κ2) is 3.50. The van der Waals surface area contributed by atoms with Crippen LogP contribution in [-0.2, 0) is 7.05 Å². The lowest BCUT2D eigenvalue weighted by Gasteiger charge is -2.03. The topological polar surface area (TPSA) is 30.7 Å². The number of allylic oxidation sites excluding steroid dienone is 2. The van der Waals surface area contributed by atoms with E-state index in [-0.39, 0.29) is 0 Å². The van der Waals surface area contributed by atoms with Crippen LogP contribution in [0.3, 0.4) is 0 Å². The van der Waals surface area contributed by atoms with Crippen LogP contribution in [0.4, 0.5) is 0 Å². The molecule has 0 fully saturated rings. The normalized spacial score (nSPS) is 10.7. The highest BCUT2D eigenvalue weighted by Crippen LogP contribution is 2.20. The third-order valence-corrected chi connectivity index (χ3v) is 2.75. The van der Waals surface area contributed by atoms with Crippen molar-refractivity contribution in [1.29, 1.82) is 0 Å². The molecule has 15 heavy (non-hydrogen) atoms. The number of aromatic nitrogens is 3. The van der Waals surface area contributed by atoms with E-state index in [4.69, 9.17) is 0 Å². The molecule has 0 spiro atoms. The SMILES string of the molecule is CC(C)=C(C)c1cnc2c(cnn2C)c1. The van der Waals surface area contributed by atoms with Crippen LogP contribution >= 0.6 is 0 Å². The van der Waals surface area contributed by atoms with E-state index in [0.717, 1.165) is 11.0 Å². The highest BCUT2D eigenvalue weighted by molar-refractivity contribution is 5.79. The van der Waals surface area contributed by atoms with E-state index in [9.17, 15) is 0 Å². The van der Waals surface area contributed by atoms with Crippen molar-refractivity contribution in [3.8, 4) is 0 Å². The second-order valence-corrected chi connectivity index (χ2v) is 4.03. The predicted octanol–water partition coefficient (Wildman–Crippen LogP) is 2.78. The van der Waals surface area contributed by atoms with Crippen LogP contribution < -0.4 is 0 Å². The molecule has 0 radical (unpaired) electrons. The van der Waals surface area contributed by atoms with Gasteiger partial charge < -0.3 is 0 Å². The molecule has 3 nitrogen and oxygen atoms in total. The Kier molecular flexibility index (Phi) is 2.31. The van der Waals surface area contributed by atoms with E-state index in [2.05, 4.69) is 36.9 Å². The molecule has 0 amide bonds. The third kappa shape index (κ3) is 1.65. The maximum absolute atomic E-state index is 4.41. The molecule has 0 saturated heterocycles. The first kappa shape index (κ1) is 9.90. The van der Waals surface area contributed by atoms with Crippen LogP contribution in [-0.4, -0.2) is 14.8 Å². The number of pyridine rings is 1. The summed E-state index contributed by atoms with van der Waals surface area (Å²) in [5, 5.41) is 5.27. The smallest absolute Gasteiger partial charge is 0.157 e. The van der Waals surface area contributed by atoms with Gasteiger partial charge in [-0.3, -0.25) is 4.68 Å². The first-order valence-corrected chi connectivity index (χ1v) is 5.02. The van der Waals surface area contributed by atoms with Gasteiger partial charge in [-0.1, -0.05) is 5.57 Å². The Balaban J connectivity index is 2.62. The van der Waals surface area contributed by atoms with Gasteiger partial charge in [0.25, 0.3) is 0 Å². The quantitative estimate of drug-likeness (QED) is 0.710. The minimum atomic E-state index is 0.931. The number of rotatable bonds is 1. The Hall–Kier alpha value is -1.64. The van der Waals surface area contributed by atoms with Crippen molar-refractivity contribution < 1.29 is 0 Å². The van der Waals surface area contributed by atoms with Gasteiger partial charge in [-0.05, 0) is 38.0 Å². The van der Waals surface area contributed by atoms with Crippen molar-refractivity contribution in [3.63, 3.8) is 0 Å². The molecular formula is C12H15N3. The highest BCUT2D eigenvalue weighted by atomic mass is 15.3. The summed E-state index contributed by atoms with van der Waals surface area (Å²) >= 11 is 0. The zero-order valence-electron chi connectivity index (χ0n) is 9.57. The fraction of sp³-hybridized carbons (Fsp3) is 0.333. The summed E-state index contributed by atoms with van der Waals surface area (Å²) in [4.78, 5) is 4.41. The van der Waals surface area contributed by atoms with Gasteiger partial charge in [0.15, 0.2) is 5.65 Å². The molecule has 0 atom stereocenters. The van der Waals surface area contributed by atoms with Gasteiger partial charge in [0.1, 0.15) is 0 Å². The summed E-state index contributed by atoms with van der Waals surface area (Å²) in [5.41, 5.74) is 4.71. The second-order valence-electron chi connectivity index (χ2n) is 4.03. The Labute approximate surface area is 89.4 Å². The van der Waals surface area contributed by atoms with Crippen LogP contribution in [0.1, 0.15) is 26.3 Å². The Morgan fingerprint density at radius 3 is 2.60 bits per heavy atom. The van der Waals surface area contributed by atoms with Crippen molar-refractivity contribution in [2.24, 2.45) is 7.05 Å². The molecule has 0 N–H and O–H groups in total. The number of aryl methyl sites for hydroxylation is 1. The van der Waals surface area contributed by atoms with Crippen LogP contribution in [0.5, 0.6) is 0 Å². The Bertz CT molecular complexity index is 531. The van der Waals surface area contributed by atoms with Crippen molar-refractivity contribution in [2.75, 3.05) is 0 Å². The molecule has 78 valence electrons. The van der Waals surface area contributed by atoms with Crippen molar-refractivity contribution in [1.82, 2.24) is 14.8 Å². The van der Waals surface area contributed by atoms with Gasteiger partial charge in [-0.25, -0.2) is 4.98 Å². The molecule has 0 aliphatic carbocycles. The zero-order chi connectivity index (χ0) is 11.0. The largest absolute Gasteiger partial charge is 0.250 e. The monoisotopic (exact) mass is 201 g/mol. The lowest BCUT2D eigenvalue weighted by molar-refractivity contribution is 0.786. The Morgan fingerprint density at radius 1 is 1.20 bits per heavy atom. The minimum absolute atomic E-state index is 0.931. The molecule has 0 aromatic carbocycles. The van der Waals surface area contributed by atoms with Crippen molar-refractivity contribution >= 4 is 16.6 Å². The summed E-state index contributed by atoms with van der Waals surface area (Å²) < 4.78 is 1.79. The maximum atomic E-state index is 4.41. The highest BCUT2D eigenvalue weighted by Gasteiger charge is 2.03. The molecule has 0 saturated carbocycles. The van der Waals surface area contributed by atoms with E-state index in [1.165, 1.54) is 16.7 Å². The predicted molar refractivity (Wildman–Crippen MR) is 62.5 cm³/mol. The summed E-state index contributed by atoms with van der Waals surface area (Å²) in [6, 6.07) is 2.14. The first-order valence-electron chi connectivity index (χ1n) is 5.02. The summed E-state index contributed by atoms with van der Waals surface area (Å²) in [6.45, 7) is 6.35. The number of hydrogen-bond acceptors (Lipinski definition) is 2. The van der Waals surface area contributed by atoms with Gasteiger partial charge >= 0.3 is 0 Å². The number of fused-ring (bicyclic) bond motifs is 1. The zero-order valence-corrected chi connectivity index (χ0v) is 9.57. The third-order valence-electron chi connectivity index (χ3n) is 2.75. The van der Waals surface area contributed by atoms with Crippen LogP contribution in [0.15, 0.2) is 24.0 Å². The van der Waals surface area contributed by atoms with Gasteiger partial charge in [0.05, 0.1) is 6.20 Å². The molecule has 2 aromatic rings. The molecule has 0 aliphatic heterocycles. The molecule has 0 bridgehead atoms. The average molecular weight is 201 g/mol. The molecule has 0 aliphatic rings. The average Bonchev–Trinajstić information content (AvgIpc) is 2.59. The maximum Gasteiger partial charge on any atom is 0.157 e. The summed E-state index contributed by atoms with van der Waals surface area (Å²) in [6.07, 6.45) is 3.76. The number of hydrogen-bond donors (Lipinski definition) is 0. The fourth-order valence-corrected chi connectivity index (χ4v) is 1.54. The van der Waals surface area contributed by atoms with E-state index < -0.39 is 0 Å². The van der Waals surface area contributed by atoms with Crippen LogP contribution in [0, 0.1) is 0 Å². The summed E-state index contributed by atoms with van der Waals surface area (Å²) in [5.74, 6) is 0. The molecular weight excluding hydrogens is 186 g/mol. The minimum Gasteiger partial charge on any atom is -0.250 e. The lowest BCUT2D eigenvalue weighted by atomic mass is 10.0. The molecule has 3 heteroatoms. The Morgan fingerprint density at radius 2 is 1.93 bits per heavy atom. The van der Waals surface area contributed by atoms with E-state index >= 15 is 0 Å². The molecule has 0 unspecified atom stereocenters. The first-order chi connectivity index (χ1) is 7.09. The van der Waals surface area contributed by atoms with E-state index in [1.807, 2.05) is 19.4 Å². The van der Waals surface area contributed by atoms with Crippen LogP contribution in [0.2, 0.25) is 0 Å². The van der Waals surface area contributed by atoms with Gasteiger partial charge in [0, 0.05) is 18.6 Å². The lowest BCUT2D eigenvalue weighted by Crippen LogP contribution is -1.92. The van der Waals surface area contributed by atoms with Gasteiger partial charge in [-0.15, -0.1) is 0 Å². The molecule has 2 aromatic heterocycles. The van der Waals surface area contributed by atoms with Crippen molar-refractivity contribution in [3.05, 3.63) is 29.6 Å². The van der Waals surface area contributed by atoms with E-state index in [0.29, 0.717) is 0 Å². The van der Waals surface area contributed by atoms with Gasteiger partial charge in [-0.2, -0.15) is 5.10 Å². The summed E-state index contributed by atoms with van der Waals surface area (Å²) in [7, 11) is 1.91. The van der Waals surface area contributed by atoms with Crippen LogP contribution in [0.25, 0.3) is 16.6 Å². The molecule has 2 rings (SSSR count). The standard InChI is InChI=1S/C12H15N3/c1-8(2)9(3)10-5-11-7-14-15(4)12(11)13-6-10/h5-7H,1-4H3. The number of nitrogens with zero attached hydrogens (tertiary/aromatic N) is 3.